The maximum atomic E-state index is 11.9. The third kappa shape index (κ3) is 6.43. The molecule has 0 N–H and O–H groups in total. The van der Waals surface area contributed by atoms with Crippen molar-refractivity contribution in [1.82, 2.24) is 0 Å². The second-order valence-electron chi connectivity index (χ2n) is 4.94. The minimum absolute atomic E-state index is 0.0393. The predicted octanol–water partition coefficient (Wildman–Crippen LogP) is 3.74. The van der Waals surface area contributed by atoms with E-state index in [0.29, 0.717) is 11.5 Å². The third-order valence-electron chi connectivity index (χ3n) is 2.61. The number of halogens is 2. The molecule has 4 heteroatoms. The lowest BCUT2D eigenvalue weighted by Crippen LogP contribution is -2.09. The number of hydrogen-bond acceptors (Lipinski definition) is 2. The Hall–Kier alpha value is -1.29. The summed E-state index contributed by atoms with van der Waals surface area (Å²) < 4.78 is 28.4. The summed E-state index contributed by atoms with van der Waals surface area (Å²) in [5, 5.41) is 0. The van der Waals surface area contributed by atoms with Gasteiger partial charge >= 0.3 is 0 Å². The Morgan fingerprint density at radius 1 is 1.32 bits per heavy atom. The summed E-state index contributed by atoms with van der Waals surface area (Å²) in [6.45, 7) is 3.66. The van der Waals surface area contributed by atoms with Crippen LogP contribution in [0.4, 0.5) is 8.78 Å². The van der Waals surface area contributed by atoms with Gasteiger partial charge in [-0.15, -0.1) is 0 Å². The molecule has 0 unspecified atom stereocenters. The minimum Gasteiger partial charge on any atom is -0.375 e. The van der Waals surface area contributed by atoms with Gasteiger partial charge in [-0.05, 0) is 24.0 Å². The van der Waals surface area contributed by atoms with E-state index in [4.69, 9.17) is 4.74 Å². The van der Waals surface area contributed by atoms with Crippen LogP contribution in [-0.2, 0) is 11.2 Å². The van der Waals surface area contributed by atoms with Gasteiger partial charge in [-0.1, -0.05) is 32.0 Å². The monoisotopic (exact) mass is 270 g/mol. The average Bonchev–Trinajstić information content (AvgIpc) is 2.33. The number of Topliss-reactive ketones (excluding diaryl/α,β-unsaturated/α-hetero) is 1. The van der Waals surface area contributed by atoms with Gasteiger partial charge in [-0.2, -0.15) is 0 Å². The first-order valence-electron chi connectivity index (χ1n) is 6.47. The molecule has 0 aliphatic carbocycles. The summed E-state index contributed by atoms with van der Waals surface area (Å²) in [6, 6.07) is 7.46. The molecule has 0 heterocycles. The van der Waals surface area contributed by atoms with Gasteiger partial charge < -0.3 is 4.74 Å². The second kappa shape index (κ2) is 8.00. The summed E-state index contributed by atoms with van der Waals surface area (Å²) in [5.74, 6) is 0.458. The van der Waals surface area contributed by atoms with Gasteiger partial charge in [0.05, 0.1) is 6.61 Å². The highest BCUT2D eigenvalue weighted by Crippen LogP contribution is 2.12. The zero-order valence-electron chi connectivity index (χ0n) is 11.4. The van der Waals surface area contributed by atoms with Crippen molar-refractivity contribution in [1.29, 1.82) is 0 Å². The third-order valence-corrected chi connectivity index (χ3v) is 2.61. The molecule has 0 aromatic heterocycles. The van der Waals surface area contributed by atoms with E-state index in [1.54, 1.807) is 6.07 Å². The molecule has 19 heavy (non-hydrogen) atoms. The Balaban J connectivity index is 2.47. The van der Waals surface area contributed by atoms with Gasteiger partial charge in [-0.3, -0.25) is 4.79 Å². The van der Waals surface area contributed by atoms with Crippen molar-refractivity contribution in [3.63, 3.8) is 0 Å². The molecule has 2 nitrogen and oxygen atoms in total. The summed E-state index contributed by atoms with van der Waals surface area (Å²) in [7, 11) is 0. The molecule has 0 saturated heterocycles. The van der Waals surface area contributed by atoms with Crippen molar-refractivity contribution < 1.29 is 18.3 Å². The number of ether oxygens (including phenoxy) is 1. The van der Waals surface area contributed by atoms with Crippen molar-refractivity contribution in [2.75, 3.05) is 13.2 Å². The van der Waals surface area contributed by atoms with Crippen LogP contribution in [-0.4, -0.2) is 25.4 Å². The number of hydrogen-bond donors (Lipinski definition) is 0. The minimum atomic E-state index is -2.48. The number of rotatable bonds is 8. The number of benzene rings is 1. The van der Waals surface area contributed by atoms with E-state index in [2.05, 4.69) is 13.8 Å². The molecule has 0 saturated carbocycles. The number of alkyl halides is 2. The second-order valence-corrected chi connectivity index (χ2v) is 4.94. The normalized spacial score (nSPS) is 11.3. The number of carbonyl (C=O) groups excluding carboxylic acids is 1. The molecule has 0 bridgehead atoms. The van der Waals surface area contributed by atoms with Crippen molar-refractivity contribution in [2.45, 2.75) is 33.1 Å². The lowest BCUT2D eigenvalue weighted by molar-refractivity contribution is 0.0170. The summed E-state index contributed by atoms with van der Waals surface area (Å²) >= 11 is 0. The summed E-state index contributed by atoms with van der Waals surface area (Å²) in [4.78, 5) is 11.9. The topological polar surface area (TPSA) is 26.3 Å². The first kappa shape index (κ1) is 15.8. The molecule has 0 radical (unpaired) electrons. The average molecular weight is 270 g/mol. The van der Waals surface area contributed by atoms with Crippen molar-refractivity contribution >= 4 is 5.78 Å². The van der Waals surface area contributed by atoms with Gasteiger partial charge in [0, 0.05) is 12.0 Å². The molecule has 106 valence electrons. The van der Waals surface area contributed by atoms with E-state index in [1.807, 2.05) is 18.2 Å². The standard InChI is InChI=1S/C15H20F2O2/c1-11(2)8-12-4-3-5-13(9-12)14(18)6-7-19-10-15(16)17/h3-5,9,11,15H,6-8,10H2,1-2H3. The fraction of sp³-hybridized carbons (Fsp3) is 0.533. The van der Waals surface area contributed by atoms with Crippen molar-refractivity contribution in [2.24, 2.45) is 5.92 Å². The van der Waals surface area contributed by atoms with Crippen LogP contribution in [0, 0.1) is 5.92 Å². The molecular weight excluding hydrogens is 250 g/mol. The lowest BCUT2D eigenvalue weighted by Gasteiger charge is -2.07. The first-order valence-corrected chi connectivity index (χ1v) is 6.47. The SMILES string of the molecule is CC(C)Cc1cccc(C(=O)CCOCC(F)F)c1. The van der Waals surface area contributed by atoms with Crippen LogP contribution in [0.3, 0.4) is 0 Å². The van der Waals surface area contributed by atoms with Crippen molar-refractivity contribution in [3.8, 4) is 0 Å². The Labute approximate surface area is 112 Å². The smallest absolute Gasteiger partial charge is 0.261 e. The van der Waals surface area contributed by atoms with Gasteiger partial charge in [0.1, 0.15) is 6.61 Å². The Morgan fingerprint density at radius 3 is 2.68 bits per heavy atom. The largest absolute Gasteiger partial charge is 0.375 e. The van der Waals surface area contributed by atoms with Crippen LogP contribution in [0.1, 0.15) is 36.2 Å². The van der Waals surface area contributed by atoms with Crippen LogP contribution in [0.15, 0.2) is 24.3 Å². The lowest BCUT2D eigenvalue weighted by atomic mass is 9.99. The van der Waals surface area contributed by atoms with E-state index in [-0.39, 0.29) is 18.8 Å². The molecular formula is C15H20F2O2. The summed E-state index contributed by atoms with van der Waals surface area (Å²) in [5.41, 5.74) is 1.74. The van der Waals surface area contributed by atoms with Crippen LogP contribution >= 0.6 is 0 Å². The first-order chi connectivity index (χ1) is 8.99. The zero-order valence-corrected chi connectivity index (χ0v) is 11.4. The fourth-order valence-corrected chi connectivity index (χ4v) is 1.82. The highest BCUT2D eigenvalue weighted by molar-refractivity contribution is 5.96. The van der Waals surface area contributed by atoms with Crippen LogP contribution in [0.25, 0.3) is 0 Å². The van der Waals surface area contributed by atoms with Gasteiger partial charge in [-0.25, -0.2) is 8.78 Å². The van der Waals surface area contributed by atoms with Crippen LogP contribution in [0.5, 0.6) is 0 Å². The zero-order chi connectivity index (χ0) is 14.3. The molecule has 0 atom stereocenters. The summed E-state index contributed by atoms with van der Waals surface area (Å²) in [6.07, 6.45) is -1.43. The maximum Gasteiger partial charge on any atom is 0.261 e. The van der Waals surface area contributed by atoms with Gasteiger partial charge in [0.25, 0.3) is 6.43 Å². The number of carbonyl (C=O) groups is 1. The molecule has 1 rings (SSSR count). The molecule has 1 aromatic rings. The Bertz CT molecular complexity index is 403. The quantitative estimate of drug-likeness (QED) is 0.531. The fourth-order valence-electron chi connectivity index (χ4n) is 1.82. The molecule has 1 aromatic carbocycles. The van der Waals surface area contributed by atoms with E-state index >= 15 is 0 Å². The van der Waals surface area contributed by atoms with E-state index in [0.717, 1.165) is 12.0 Å². The highest BCUT2D eigenvalue weighted by atomic mass is 19.3. The van der Waals surface area contributed by atoms with Crippen LogP contribution < -0.4 is 0 Å². The van der Waals surface area contributed by atoms with Crippen LogP contribution in [0.2, 0.25) is 0 Å². The molecule has 0 amide bonds. The molecule has 0 spiro atoms. The maximum absolute atomic E-state index is 11.9. The van der Waals surface area contributed by atoms with E-state index in [1.165, 1.54) is 0 Å². The van der Waals surface area contributed by atoms with Crippen molar-refractivity contribution in [3.05, 3.63) is 35.4 Å². The number of ketones is 1. The van der Waals surface area contributed by atoms with E-state index in [9.17, 15) is 13.6 Å². The highest BCUT2D eigenvalue weighted by Gasteiger charge is 2.08. The Morgan fingerprint density at radius 2 is 2.05 bits per heavy atom. The molecule has 0 aliphatic rings. The molecule has 0 fully saturated rings. The van der Waals surface area contributed by atoms with Gasteiger partial charge in [0.2, 0.25) is 0 Å². The van der Waals surface area contributed by atoms with Gasteiger partial charge in [0.15, 0.2) is 5.78 Å². The van der Waals surface area contributed by atoms with E-state index < -0.39 is 13.0 Å². The Kier molecular flexibility index (Phi) is 6.64. The predicted molar refractivity (Wildman–Crippen MR) is 70.8 cm³/mol. The molecule has 0 aliphatic heterocycles.